The number of rotatable bonds is 2. The van der Waals surface area contributed by atoms with Crippen molar-refractivity contribution in [1.82, 2.24) is 4.57 Å². The van der Waals surface area contributed by atoms with Crippen LogP contribution in [0, 0.1) is 5.92 Å². The number of alkyl halides is 1. The number of allylic oxidation sites excluding steroid dienone is 4. The molecule has 0 bridgehead atoms. The Bertz CT molecular complexity index is 532. The second-order valence-electron chi connectivity index (χ2n) is 4.20. The second-order valence-corrected chi connectivity index (χ2v) is 5.12. The SMILES string of the molecule is CC1C=CC=C(Cn2cc(Br)ccc2=O)C1F. The maximum Gasteiger partial charge on any atom is 0.250 e. The average Bonchev–Trinajstić information content (AvgIpc) is 2.30. The summed E-state index contributed by atoms with van der Waals surface area (Å²) in [4.78, 5) is 11.6. The first kappa shape index (κ1) is 12.3. The molecular weight excluding hydrogens is 285 g/mol. The van der Waals surface area contributed by atoms with Crippen LogP contribution in [0.1, 0.15) is 6.92 Å². The van der Waals surface area contributed by atoms with Gasteiger partial charge in [-0.25, -0.2) is 4.39 Å². The molecule has 4 heteroatoms. The van der Waals surface area contributed by atoms with Gasteiger partial charge in [0.15, 0.2) is 0 Å². The molecule has 2 unspecified atom stereocenters. The van der Waals surface area contributed by atoms with Gasteiger partial charge in [0.2, 0.25) is 0 Å². The minimum absolute atomic E-state index is 0.122. The summed E-state index contributed by atoms with van der Waals surface area (Å²) in [5, 5.41) is 0. The van der Waals surface area contributed by atoms with E-state index in [1.165, 1.54) is 10.6 Å². The fraction of sp³-hybridized carbons (Fsp3) is 0.308. The maximum absolute atomic E-state index is 13.9. The Labute approximate surface area is 108 Å². The van der Waals surface area contributed by atoms with Gasteiger partial charge in [-0.3, -0.25) is 4.79 Å². The Morgan fingerprint density at radius 3 is 3.00 bits per heavy atom. The van der Waals surface area contributed by atoms with Gasteiger partial charge in [0.1, 0.15) is 6.17 Å². The summed E-state index contributed by atoms with van der Waals surface area (Å²) in [6, 6.07) is 3.16. The van der Waals surface area contributed by atoms with Gasteiger partial charge in [-0.05, 0) is 27.6 Å². The van der Waals surface area contributed by atoms with Crippen LogP contribution in [-0.4, -0.2) is 10.7 Å². The van der Waals surface area contributed by atoms with Crippen LogP contribution in [0.15, 0.2) is 51.4 Å². The highest BCUT2D eigenvalue weighted by Crippen LogP contribution is 2.23. The van der Waals surface area contributed by atoms with E-state index < -0.39 is 6.17 Å². The average molecular weight is 298 g/mol. The molecule has 0 aliphatic heterocycles. The molecule has 1 aliphatic carbocycles. The van der Waals surface area contributed by atoms with Crippen molar-refractivity contribution in [1.29, 1.82) is 0 Å². The smallest absolute Gasteiger partial charge is 0.250 e. The predicted octanol–water partition coefficient (Wildman–Crippen LogP) is 3.08. The molecule has 2 atom stereocenters. The first-order valence-electron chi connectivity index (χ1n) is 5.45. The highest BCUT2D eigenvalue weighted by Gasteiger charge is 2.21. The predicted molar refractivity (Wildman–Crippen MR) is 69.7 cm³/mol. The Morgan fingerprint density at radius 2 is 2.24 bits per heavy atom. The van der Waals surface area contributed by atoms with Crippen molar-refractivity contribution in [3.05, 3.63) is 57.0 Å². The molecule has 1 aliphatic rings. The van der Waals surface area contributed by atoms with Crippen LogP contribution in [0.4, 0.5) is 4.39 Å². The lowest BCUT2D eigenvalue weighted by molar-refractivity contribution is 0.306. The maximum atomic E-state index is 13.9. The van der Waals surface area contributed by atoms with Crippen molar-refractivity contribution in [3.63, 3.8) is 0 Å². The Hall–Kier alpha value is -1.16. The Morgan fingerprint density at radius 1 is 1.47 bits per heavy atom. The summed E-state index contributed by atoms with van der Waals surface area (Å²) in [5.41, 5.74) is 0.517. The van der Waals surface area contributed by atoms with E-state index in [4.69, 9.17) is 0 Å². The first-order chi connectivity index (χ1) is 8.08. The van der Waals surface area contributed by atoms with Gasteiger partial charge < -0.3 is 4.57 Å². The molecule has 0 saturated carbocycles. The van der Waals surface area contributed by atoms with Crippen molar-refractivity contribution < 1.29 is 4.39 Å². The van der Waals surface area contributed by atoms with Gasteiger partial charge in [0.05, 0.1) is 0 Å². The van der Waals surface area contributed by atoms with Gasteiger partial charge >= 0.3 is 0 Å². The quantitative estimate of drug-likeness (QED) is 0.822. The van der Waals surface area contributed by atoms with Crippen LogP contribution < -0.4 is 5.56 Å². The summed E-state index contributed by atoms with van der Waals surface area (Å²) < 4.78 is 16.2. The molecule has 17 heavy (non-hydrogen) atoms. The molecule has 0 aromatic carbocycles. The highest BCUT2D eigenvalue weighted by molar-refractivity contribution is 9.10. The van der Waals surface area contributed by atoms with Gasteiger partial charge in [0, 0.05) is 29.2 Å². The van der Waals surface area contributed by atoms with Crippen LogP contribution in [0.2, 0.25) is 0 Å². The third-order valence-corrected chi connectivity index (χ3v) is 3.31. The zero-order valence-electron chi connectivity index (χ0n) is 9.44. The summed E-state index contributed by atoms with van der Waals surface area (Å²) in [6.45, 7) is 2.13. The number of pyridine rings is 1. The summed E-state index contributed by atoms with van der Waals surface area (Å²) in [7, 11) is 0. The molecule has 1 heterocycles. The number of hydrogen-bond acceptors (Lipinski definition) is 1. The molecule has 2 nitrogen and oxygen atoms in total. The standard InChI is InChI=1S/C13H13BrFNO/c1-9-3-2-4-10(13(9)15)7-16-8-11(14)5-6-12(16)17/h2-6,8-9,13H,7H2,1H3. The summed E-state index contributed by atoms with van der Waals surface area (Å²) in [6.07, 6.45) is 6.10. The van der Waals surface area contributed by atoms with Gasteiger partial charge in [-0.15, -0.1) is 0 Å². The largest absolute Gasteiger partial charge is 0.310 e. The summed E-state index contributed by atoms with van der Waals surface area (Å²) in [5.74, 6) is -0.127. The molecule has 0 N–H and O–H groups in total. The van der Waals surface area contributed by atoms with E-state index in [-0.39, 0.29) is 11.5 Å². The van der Waals surface area contributed by atoms with Crippen LogP contribution in [-0.2, 0) is 6.54 Å². The van der Waals surface area contributed by atoms with Crippen molar-refractivity contribution in [2.75, 3.05) is 0 Å². The normalized spacial score (nSPS) is 23.6. The van der Waals surface area contributed by atoms with Crippen LogP contribution >= 0.6 is 15.9 Å². The van der Waals surface area contributed by atoms with Crippen molar-refractivity contribution in [2.45, 2.75) is 19.6 Å². The van der Waals surface area contributed by atoms with E-state index in [0.717, 1.165) is 4.47 Å². The van der Waals surface area contributed by atoms with Crippen molar-refractivity contribution >= 4 is 15.9 Å². The number of hydrogen-bond donors (Lipinski definition) is 0. The molecule has 90 valence electrons. The number of halogens is 2. The molecule has 0 radical (unpaired) electrons. The lowest BCUT2D eigenvalue weighted by Gasteiger charge is -2.20. The van der Waals surface area contributed by atoms with E-state index in [0.29, 0.717) is 12.1 Å². The van der Waals surface area contributed by atoms with Crippen LogP contribution in [0.5, 0.6) is 0 Å². The van der Waals surface area contributed by atoms with E-state index in [1.807, 2.05) is 19.1 Å². The zero-order valence-corrected chi connectivity index (χ0v) is 11.0. The monoisotopic (exact) mass is 297 g/mol. The highest BCUT2D eigenvalue weighted by atomic mass is 79.9. The number of nitrogens with zero attached hydrogens (tertiary/aromatic N) is 1. The van der Waals surface area contributed by atoms with E-state index in [9.17, 15) is 9.18 Å². The number of aromatic nitrogens is 1. The van der Waals surface area contributed by atoms with Gasteiger partial charge in [-0.2, -0.15) is 0 Å². The van der Waals surface area contributed by atoms with Gasteiger partial charge in [-0.1, -0.05) is 25.2 Å². The Kier molecular flexibility index (Phi) is 3.62. The molecule has 0 saturated heterocycles. The minimum Gasteiger partial charge on any atom is -0.310 e. The van der Waals surface area contributed by atoms with Crippen molar-refractivity contribution in [3.8, 4) is 0 Å². The van der Waals surface area contributed by atoms with E-state index in [2.05, 4.69) is 15.9 Å². The molecule has 1 aromatic rings. The third-order valence-electron chi connectivity index (χ3n) is 2.84. The lowest BCUT2D eigenvalue weighted by atomic mass is 9.93. The summed E-state index contributed by atoms with van der Waals surface area (Å²) >= 11 is 3.30. The lowest BCUT2D eigenvalue weighted by Crippen LogP contribution is -2.25. The minimum atomic E-state index is -1.01. The van der Waals surface area contributed by atoms with Crippen molar-refractivity contribution in [2.24, 2.45) is 5.92 Å². The zero-order chi connectivity index (χ0) is 12.4. The molecule has 2 rings (SSSR count). The van der Waals surface area contributed by atoms with Crippen LogP contribution in [0.25, 0.3) is 0 Å². The molecule has 0 fully saturated rings. The fourth-order valence-corrected chi connectivity index (χ4v) is 2.22. The van der Waals surface area contributed by atoms with E-state index in [1.54, 1.807) is 18.3 Å². The second kappa shape index (κ2) is 5.00. The topological polar surface area (TPSA) is 22.0 Å². The molecule has 1 aromatic heterocycles. The fourth-order valence-electron chi connectivity index (χ4n) is 1.84. The van der Waals surface area contributed by atoms with Gasteiger partial charge in [0.25, 0.3) is 5.56 Å². The first-order valence-corrected chi connectivity index (χ1v) is 6.24. The van der Waals surface area contributed by atoms with Crippen LogP contribution in [0.3, 0.4) is 0 Å². The molecule has 0 spiro atoms. The third kappa shape index (κ3) is 2.75. The van der Waals surface area contributed by atoms with E-state index >= 15 is 0 Å². The molecular formula is C13H13BrFNO. The Balaban J connectivity index is 2.27. The molecule has 0 amide bonds.